The zero-order valence-electron chi connectivity index (χ0n) is 21.3. The number of ether oxygens (including phenoxy) is 1. The van der Waals surface area contributed by atoms with Crippen LogP contribution in [0.2, 0.25) is 0 Å². The second-order valence-corrected chi connectivity index (χ2v) is 11.1. The van der Waals surface area contributed by atoms with E-state index >= 15 is 0 Å². The van der Waals surface area contributed by atoms with Gasteiger partial charge in [0.2, 0.25) is 5.95 Å². The molecule has 5 rings (SSSR count). The van der Waals surface area contributed by atoms with Gasteiger partial charge in [0, 0.05) is 30.6 Å². The molecule has 2 aliphatic carbocycles. The van der Waals surface area contributed by atoms with Gasteiger partial charge in [-0.15, -0.1) is 0 Å². The smallest absolute Gasteiger partial charge is 0.222 e. The molecule has 8 nitrogen and oxygen atoms in total. The van der Waals surface area contributed by atoms with Crippen LogP contribution in [0.3, 0.4) is 0 Å². The Labute approximate surface area is 203 Å². The molecule has 3 heterocycles. The van der Waals surface area contributed by atoms with Crippen molar-refractivity contribution in [2.24, 2.45) is 28.2 Å². The minimum Gasteiger partial charge on any atom is -0.390 e. The highest BCUT2D eigenvalue weighted by Crippen LogP contribution is 2.72. The number of nitrogens with one attached hydrogen (secondary N) is 1. The first kappa shape index (κ1) is 23.9. The molecule has 8 heteroatoms. The highest BCUT2D eigenvalue weighted by molar-refractivity contribution is 5.74. The van der Waals surface area contributed by atoms with Crippen LogP contribution in [-0.2, 0) is 4.74 Å². The van der Waals surface area contributed by atoms with Gasteiger partial charge in [0.1, 0.15) is 11.4 Å². The second-order valence-electron chi connectivity index (χ2n) is 11.1. The molecule has 2 saturated carbocycles. The van der Waals surface area contributed by atoms with E-state index in [-0.39, 0.29) is 23.4 Å². The SMILES string of the molecule is CCNC12OC(CC3CC3)C(O)C1(C)C2CC(/C=N\c1c(C)nc(N)nc1N1CCCC1)CC. The van der Waals surface area contributed by atoms with Crippen LogP contribution < -0.4 is 16.0 Å². The molecule has 34 heavy (non-hydrogen) atoms. The van der Waals surface area contributed by atoms with Crippen molar-refractivity contribution in [2.45, 2.75) is 90.6 Å². The van der Waals surface area contributed by atoms with E-state index in [0.717, 1.165) is 62.0 Å². The van der Waals surface area contributed by atoms with Crippen LogP contribution in [0.25, 0.3) is 0 Å². The Morgan fingerprint density at radius 1 is 1.29 bits per heavy atom. The van der Waals surface area contributed by atoms with Crippen LogP contribution in [-0.4, -0.2) is 58.9 Å². The van der Waals surface area contributed by atoms with Crippen LogP contribution in [0, 0.1) is 30.1 Å². The van der Waals surface area contributed by atoms with Gasteiger partial charge >= 0.3 is 0 Å². The molecule has 0 aromatic carbocycles. The number of hydrogen-bond acceptors (Lipinski definition) is 8. The summed E-state index contributed by atoms with van der Waals surface area (Å²) < 4.78 is 6.62. The Bertz CT molecular complexity index is 930. The van der Waals surface area contributed by atoms with Gasteiger partial charge in [-0.25, -0.2) is 4.98 Å². The Morgan fingerprint density at radius 3 is 2.68 bits per heavy atom. The molecule has 0 spiro atoms. The van der Waals surface area contributed by atoms with Gasteiger partial charge in [-0.1, -0.05) is 33.6 Å². The Morgan fingerprint density at radius 2 is 2.03 bits per heavy atom. The molecular weight excluding hydrogens is 428 g/mol. The van der Waals surface area contributed by atoms with E-state index in [9.17, 15) is 5.11 Å². The van der Waals surface area contributed by atoms with Crippen LogP contribution in [0.5, 0.6) is 0 Å². The van der Waals surface area contributed by atoms with E-state index in [2.05, 4.69) is 47.2 Å². The Kier molecular flexibility index (Phi) is 6.36. The fraction of sp³-hybridized carbons (Fsp3) is 0.808. The lowest BCUT2D eigenvalue weighted by molar-refractivity contribution is -0.0692. The van der Waals surface area contributed by atoms with E-state index in [1.165, 1.54) is 25.7 Å². The van der Waals surface area contributed by atoms with Gasteiger partial charge in [-0.2, -0.15) is 4.98 Å². The number of aromatic nitrogens is 2. The van der Waals surface area contributed by atoms with E-state index in [4.69, 9.17) is 15.5 Å². The van der Waals surface area contributed by atoms with Crippen molar-refractivity contribution in [3.8, 4) is 0 Å². The summed E-state index contributed by atoms with van der Waals surface area (Å²) in [6, 6.07) is 0. The number of aliphatic hydroxyl groups is 1. The molecule has 4 aliphatic rings. The fourth-order valence-corrected chi connectivity index (χ4v) is 6.60. The van der Waals surface area contributed by atoms with Crippen molar-refractivity contribution in [3.63, 3.8) is 0 Å². The van der Waals surface area contributed by atoms with Gasteiger partial charge in [-0.05, 0) is 57.4 Å². The zero-order valence-corrected chi connectivity index (χ0v) is 21.3. The summed E-state index contributed by atoms with van der Waals surface area (Å²) >= 11 is 0. The van der Waals surface area contributed by atoms with Crippen LogP contribution in [0.1, 0.15) is 71.4 Å². The van der Waals surface area contributed by atoms with Crippen LogP contribution in [0.4, 0.5) is 17.5 Å². The van der Waals surface area contributed by atoms with Crippen molar-refractivity contribution in [3.05, 3.63) is 5.69 Å². The first-order chi connectivity index (χ1) is 16.3. The Balaban J connectivity index is 1.33. The number of aliphatic hydroxyl groups excluding tert-OH is 1. The molecule has 0 bridgehead atoms. The Hall–Kier alpha value is -1.77. The van der Waals surface area contributed by atoms with E-state index in [1.54, 1.807) is 0 Å². The monoisotopic (exact) mass is 470 g/mol. The lowest BCUT2D eigenvalue weighted by atomic mass is 9.89. The van der Waals surface area contributed by atoms with Crippen molar-refractivity contribution >= 4 is 23.7 Å². The molecule has 188 valence electrons. The highest BCUT2D eigenvalue weighted by Gasteiger charge is 2.83. The lowest BCUT2D eigenvalue weighted by Gasteiger charge is -2.26. The number of aryl methyl sites for hydroxylation is 1. The maximum absolute atomic E-state index is 11.3. The maximum atomic E-state index is 11.3. The third-order valence-electron chi connectivity index (χ3n) is 8.88. The molecule has 4 fully saturated rings. The average Bonchev–Trinajstić information content (AvgIpc) is 3.57. The average molecular weight is 471 g/mol. The summed E-state index contributed by atoms with van der Waals surface area (Å²) in [5.74, 6) is 2.45. The fourth-order valence-electron chi connectivity index (χ4n) is 6.60. The number of aliphatic imine (C=N–C) groups is 1. The number of nitrogens with two attached hydrogens (primary N) is 1. The van der Waals surface area contributed by atoms with Gasteiger partial charge in [0.25, 0.3) is 0 Å². The molecular formula is C26H42N6O2. The van der Waals surface area contributed by atoms with Crippen molar-refractivity contribution in [1.29, 1.82) is 0 Å². The minimum atomic E-state index is -0.416. The summed E-state index contributed by atoms with van der Waals surface area (Å²) in [6.45, 7) is 11.3. The standard InChI is InChI=1S/C26H42N6O2/c1-5-17(15-28-21-16(3)30-24(27)31-23(21)32-11-7-8-12-32)14-20-25(4)22(33)19(13-18-9-10-18)34-26(20,25)29-6-2/h15,17-20,22,29,33H,5-14H2,1-4H3,(H2,27,30,31)/b28-15-. The lowest BCUT2D eigenvalue weighted by Crippen LogP contribution is -2.38. The summed E-state index contributed by atoms with van der Waals surface area (Å²) in [5, 5.41) is 14.9. The molecule has 0 amide bonds. The number of hydrogen-bond donors (Lipinski definition) is 3. The summed E-state index contributed by atoms with van der Waals surface area (Å²) in [6.07, 6.45) is 9.42. The van der Waals surface area contributed by atoms with Crippen LogP contribution in [0.15, 0.2) is 4.99 Å². The number of rotatable bonds is 10. The minimum absolute atomic E-state index is 0.0425. The normalized spacial score (nSPS) is 35.8. The molecule has 2 aliphatic heterocycles. The van der Waals surface area contributed by atoms with Gasteiger partial charge in [0.15, 0.2) is 5.82 Å². The summed E-state index contributed by atoms with van der Waals surface area (Å²) in [4.78, 5) is 16.1. The van der Waals surface area contributed by atoms with E-state index in [0.29, 0.717) is 5.95 Å². The number of nitrogen functional groups attached to an aromatic ring is 1. The predicted molar refractivity (Wildman–Crippen MR) is 135 cm³/mol. The molecule has 1 aromatic heterocycles. The first-order valence-electron chi connectivity index (χ1n) is 13.4. The topological polar surface area (TPSA) is 109 Å². The summed E-state index contributed by atoms with van der Waals surface area (Å²) in [7, 11) is 0. The largest absolute Gasteiger partial charge is 0.390 e. The van der Waals surface area contributed by atoms with Crippen molar-refractivity contribution in [2.75, 3.05) is 30.3 Å². The molecule has 4 N–H and O–H groups in total. The summed E-state index contributed by atoms with van der Waals surface area (Å²) in [5.41, 5.74) is 6.97. The number of anilines is 2. The molecule has 6 atom stereocenters. The predicted octanol–water partition coefficient (Wildman–Crippen LogP) is 3.59. The second kappa shape index (κ2) is 9.03. The first-order valence-corrected chi connectivity index (χ1v) is 13.4. The van der Waals surface area contributed by atoms with Crippen molar-refractivity contribution in [1.82, 2.24) is 15.3 Å². The molecule has 1 aromatic rings. The third kappa shape index (κ3) is 3.91. The van der Waals surface area contributed by atoms with Crippen molar-refractivity contribution < 1.29 is 9.84 Å². The van der Waals surface area contributed by atoms with E-state index < -0.39 is 11.8 Å². The third-order valence-corrected chi connectivity index (χ3v) is 8.88. The number of fused-ring (bicyclic) bond motifs is 1. The van der Waals surface area contributed by atoms with Gasteiger partial charge < -0.3 is 20.5 Å². The molecule has 0 radical (unpaired) electrons. The molecule has 6 unspecified atom stereocenters. The highest BCUT2D eigenvalue weighted by atomic mass is 16.6. The number of nitrogens with zero attached hydrogens (tertiary/aromatic N) is 4. The zero-order chi connectivity index (χ0) is 24.1. The van der Waals surface area contributed by atoms with Gasteiger partial charge in [0.05, 0.1) is 17.9 Å². The van der Waals surface area contributed by atoms with E-state index in [1.807, 2.05) is 6.92 Å². The van der Waals surface area contributed by atoms with Gasteiger partial charge in [-0.3, -0.25) is 10.3 Å². The van der Waals surface area contributed by atoms with Crippen LogP contribution >= 0.6 is 0 Å². The quantitative estimate of drug-likeness (QED) is 0.448. The molecule has 2 saturated heterocycles. The maximum Gasteiger partial charge on any atom is 0.222 e.